The summed E-state index contributed by atoms with van der Waals surface area (Å²) in [5.74, 6) is 1.15. The van der Waals surface area contributed by atoms with E-state index in [4.69, 9.17) is 4.74 Å². The van der Waals surface area contributed by atoms with Gasteiger partial charge in [-0.25, -0.2) is 0 Å². The van der Waals surface area contributed by atoms with Gasteiger partial charge in [0.25, 0.3) is 0 Å². The van der Waals surface area contributed by atoms with E-state index < -0.39 is 0 Å². The summed E-state index contributed by atoms with van der Waals surface area (Å²) in [7, 11) is 0. The standard InChI is InChI=1S/C17H22N2O3S/c1-12-9-22-17(14-6-4-3-5-7-14)13(2)19(12)15(20)8-18-11-23-10-16(18)21/h3-7,12-13,17H,8-11H2,1-2H3/t12-,13-,17-/m1/s1. The molecule has 6 heteroatoms. The van der Waals surface area contributed by atoms with E-state index in [-0.39, 0.29) is 36.5 Å². The van der Waals surface area contributed by atoms with Crippen molar-refractivity contribution in [3.8, 4) is 0 Å². The van der Waals surface area contributed by atoms with Gasteiger partial charge >= 0.3 is 0 Å². The van der Waals surface area contributed by atoms with Crippen LogP contribution in [0, 0.1) is 0 Å². The summed E-state index contributed by atoms with van der Waals surface area (Å²) in [6.07, 6.45) is -0.125. The van der Waals surface area contributed by atoms with Crippen LogP contribution in [0.4, 0.5) is 0 Å². The van der Waals surface area contributed by atoms with Gasteiger partial charge in [-0.3, -0.25) is 9.59 Å². The average molecular weight is 334 g/mol. The molecule has 124 valence electrons. The number of amides is 2. The van der Waals surface area contributed by atoms with Gasteiger partial charge in [-0.05, 0) is 19.4 Å². The first-order valence-electron chi connectivity index (χ1n) is 7.91. The molecule has 23 heavy (non-hydrogen) atoms. The van der Waals surface area contributed by atoms with Crippen molar-refractivity contribution in [1.29, 1.82) is 0 Å². The highest BCUT2D eigenvalue weighted by Crippen LogP contribution is 2.31. The fraction of sp³-hybridized carbons (Fsp3) is 0.529. The lowest BCUT2D eigenvalue weighted by Crippen LogP contribution is -2.56. The molecule has 2 aliphatic heterocycles. The number of hydrogen-bond donors (Lipinski definition) is 0. The van der Waals surface area contributed by atoms with E-state index in [2.05, 4.69) is 0 Å². The predicted octanol–water partition coefficient (Wildman–Crippen LogP) is 1.90. The maximum atomic E-state index is 12.8. The van der Waals surface area contributed by atoms with E-state index in [1.54, 1.807) is 16.7 Å². The zero-order chi connectivity index (χ0) is 16.4. The lowest BCUT2D eigenvalue weighted by atomic mass is 9.98. The van der Waals surface area contributed by atoms with Crippen molar-refractivity contribution in [3.05, 3.63) is 35.9 Å². The SMILES string of the molecule is C[C@@H]1CO[C@@H](c2ccccc2)[C@@H](C)N1C(=O)CN1CSCC1=O. The minimum Gasteiger partial charge on any atom is -0.369 e. The van der Waals surface area contributed by atoms with Crippen LogP contribution in [0.1, 0.15) is 25.5 Å². The van der Waals surface area contributed by atoms with Gasteiger partial charge in [0.15, 0.2) is 0 Å². The number of carbonyl (C=O) groups is 2. The third-order valence-electron chi connectivity index (χ3n) is 4.44. The Balaban J connectivity index is 1.74. The normalized spacial score (nSPS) is 28.3. The first-order chi connectivity index (χ1) is 11.1. The van der Waals surface area contributed by atoms with Crippen molar-refractivity contribution in [2.75, 3.05) is 24.8 Å². The summed E-state index contributed by atoms with van der Waals surface area (Å²) in [4.78, 5) is 28.0. The maximum Gasteiger partial charge on any atom is 0.242 e. The molecule has 0 unspecified atom stereocenters. The second kappa shape index (κ2) is 6.93. The molecule has 3 atom stereocenters. The summed E-state index contributed by atoms with van der Waals surface area (Å²) in [5.41, 5.74) is 1.08. The monoisotopic (exact) mass is 334 g/mol. The molecule has 2 aliphatic rings. The topological polar surface area (TPSA) is 49.9 Å². The minimum atomic E-state index is -0.125. The van der Waals surface area contributed by atoms with Crippen LogP contribution in [-0.2, 0) is 14.3 Å². The summed E-state index contributed by atoms with van der Waals surface area (Å²) < 4.78 is 5.98. The number of nitrogens with zero attached hydrogens (tertiary/aromatic N) is 2. The molecule has 2 fully saturated rings. The minimum absolute atomic E-state index is 0.00470. The third-order valence-corrected chi connectivity index (χ3v) is 5.38. The average Bonchev–Trinajstić information content (AvgIpc) is 2.93. The van der Waals surface area contributed by atoms with Crippen LogP contribution in [0.25, 0.3) is 0 Å². The Kier molecular flexibility index (Phi) is 4.92. The van der Waals surface area contributed by atoms with Crippen molar-refractivity contribution >= 4 is 23.6 Å². The fourth-order valence-electron chi connectivity index (χ4n) is 3.29. The van der Waals surface area contributed by atoms with E-state index in [1.807, 2.05) is 49.1 Å². The first kappa shape index (κ1) is 16.3. The van der Waals surface area contributed by atoms with Crippen molar-refractivity contribution in [2.45, 2.75) is 32.0 Å². The van der Waals surface area contributed by atoms with E-state index >= 15 is 0 Å². The highest BCUT2D eigenvalue weighted by Gasteiger charge is 2.38. The Morgan fingerprint density at radius 1 is 1.30 bits per heavy atom. The van der Waals surface area contributed by atoms with Crippen LogP contribution in [0.15, 0.2) is 30.3 Å². The highest BCUT2D eigenvalue weighted by atomic mass is 32.2. The van der Waals surface area contributed by atoms with Crippen LogP contribution in [0.3, 0.4) is 0 Å². The molecule has 2 amide bonds. The Morgan fingerprint density at radius 3 is 2.70 bits per heavy atom. The predicted molar refractivity (Wildman–Crippen MR) is 89.9 cm³/mol. The molecule has 2 saturated heterocycles. The summed E-state index contributed by atoms with van der Waals surface area (Å²) in [6.45, 7) is 4.70. The second-order valence-electron chi connectivity index (χ2n) is 6.12. The number of morpholine rings is 1. The van der Waals surface area contributed by atoms with E-state index in [0.29, 0.717) is 18.2 Å². The van der Waals surface area contributed by atoms with Crippen molar-refractivity contribution in [3.63, 3.8) is 0 Å². The molecule has 0 saturated carbocycles. The lowest BCUT2D eigenvalue weighted by Gasteiger charge is -2.44. The molecule has 2 heterocycles. The molecular formula is C17H22N2O3S. The number of carbonyl (C=O) groups excluding carboxylic acids is 2. The first-order valence-corrected chi connectivity index (χ1v) is 9.06. The summed E-state index contributed by atoms with van der Waals surface area (Å²) >= 11 is 1.56. The molecule has 0 bridgehead atoms. The third kappa shape index (κ3) is 3.38. The number of rotatable bonds is 3. The van der Waals surface area contributed by atoms with Crippen LogP contribution >= 0.6 is 11.8 Å². The maximum absolute atomic E-state index is 12.8. The quantitative estimate of drug-likeness (QED) is 0.847. The largest absolute Gasteiger partial charge is 0.369 e. The number of thioether (sulfide) groups is 1. The fourth-order valence-corrected chi connectivity index (χ4v) is 4.19. The van der Waals surface area contributed by atoms with Crippen molar-refractivity contribution < 1.29 is 14.3 Å². The van der Waals surface area contributed by atoms with E-state index in [9.17, 15) is 9.59 Å². The smallest absolute Gasteiger partial charge is 0.242 e. The molecule has 0 aliphatic carbocycles. The van der Waals surface area contributed by atoms with Crippen LogP contribution in [0.2, 0.25) is 0 Å². The highest BCUT2D eigenvalue weighted by molar-refractivity contribution is 8.00. The molecule has 3 rings (SSSR count). The molecular weight excluding hydrogens is 312 g/mol. The van der Waals surface area contributed by atoms with Gasteiger partial charge in [0.2, 0.25) is 11.8 Å². The molecule has 0 N–H and O–H groups in total. The molecule has 0 aromatic heterocycles. The Labute approximate surface area is 141 Å². The Hall–Kier alpha value is -1.53. The molecule has 1 aromatic rings. The Morgan fingerprint density at radius 2 is 2.04 bits per heavy atom. The number of ether oxygens (including phenoxy) is 1. The van der Waals surface area contributed by atoms with E-state index in [0.717, 1.165) is 5.56 Å². The van der Waals surface area contributed by atoms with Crippen LogP contribution in [-0.4, -0.2) is 58.5 Å². The van der Waals surface area contributed by atoms with E-state index in [1.165, 1.54) is 0 Å². The molecule has 0 spiro atoms. The van der Waals surface area contributed by atoms with Crippen LogP contribution in [0.5, 0.6) is 0 Å². The summed E-state index contributed by atoms with van der Waals surface area (Å²) in [5, 5.41) is 0. The van der Waals surface area contributed by atoms with Gasteiger partial charge < -0.3 is 14.5 Å². The second-order valence-corrected chi connectivity index (χ2v) is 7.08. The van der Waals surface area contributed by atoms with Gasteiger partial charge in [0.1, 0.15) is 12.6 Å². The molecule has 1 aromatic carbocycles. The van der Waals surface area contributed by atoms with Crippen molar-refractivity contribution in [1.82, 2.24) is 9.80 Å². The van der Waals surface area contributed by atoms with Crippen LogP contribution < -0.4 is 0 Å². The molecule has 0 radical (unpaired) electrons. The zero-order valence-electron chi connectivity index (χ0n) is 13.5. The number of benzene rings is 1. The summed E-state index contributed by atoms with van der Waals surface area (Å²) in [6, 6.07) is 9.95. The van der Waals surface area contributed by atoms with Gasteiger partial charge in [0.05, 0.1) is 30.3 Å². The van der Waals surface area contributed by atoms with Crippen molar-refractivity contribution in [2.24, 2.45) is 0 Å². The van der Waals surface area contributed by atoms with Gasteiger partial charge in [-0.1, -0.05) is 30.3 Å². The molecule has 5 nitrogen and oxygen atoms in total. The number of hydrogen-bond acceptors (Lipinski definition) is 4. The van der Waals surface area contributed by atoms with Gasteiger partial charge in [-0.15, -0.1) is 11.8 Å². The zero-order valence-corrected chi connectivity index (χ0v) is 14.3. The Bertz CT molecular complexity index is 580. The van der Waals surface area contributed by atoms with Gasteiger partial charge in [-0.2, -0.15) is 0 Å². The lowest BCUT2D eigenvalue weighted by molar-refractivity contribution is -0.155. The van der Waals surface area contributed by atoms with Gasteiger partial charge in [0, 0.05) is 0 Å².